The second kappa shape index (κ2) is 9.99. The zero-order valence-corrected chi connectivity index (χ0v) is 17.1. The number of aromatic nitrogens is 1. The Labute approximate surface area is 181 Å². The van der Waals surface area contributed by atoms with Crippen molar-refractivity contribution in [3.63, 3.8) is 0 Å². The molecule has 0 unspecified atom stereocenters. The second-order valence-corrected chi connectivity index (χ2v) is 6.76. The molecule has 0 spiro atoms. The molecule has 0 aliphatic heterocycles. The fourth-order valence-electron chi connectivity index (χ4n) is 3.06. The number of alkyl halides is 3. The van der Waals surface area contributed by atoms with E-state index in [0.717, 1.165) is 23.0 Å². The second-order valence-electron chi connectivity index (χ2n) is 6.76. The lowest BCUT2D eigenvalue weighted by molar-refractivity contribution is -0.143. The number of benzene rings is 2. The van der Waals surface area contributed by atoms with E-state index in [2.05, 4.69) is 15.8 Å². The van der Waals surface area contributed by atoms with Crippen molar-refractivity contribution in [1.29, 1.82) is 0 Å². The first-order chi connectivity index (χ1) is 15.3. The minimum absolute atomic E-state index is 0.0372. The largest absolute Gasteiger partial charge is 0.465 e. The van der Waals surface area contributed by atoms with Gasteiger partial charge in [0.05, 0.1) is 24.9 Å². The van der Waals surface area contributed by atoms with Crippen molar-refractivity contribution >= 4 is 34.7 Å². The van der Waals surface area contributed by atoms with Crippen LogP contribution >= 0.6 is 0 Å². The van der Waals surface area contributed by atoms with Crippen LogP contribution in [-0.4, -0.2) is 35.8 Å². The first-order valence-corrected chi connectivity index (χ1v) is 9.74. The monoisotopic (exact) mass is 446 g/mol. The number of nitrogens with one attached hydrogen (secondary N) is 2. The number of carbonyl (C=O) groups excluding carboxylic acids is 2. The van der Waals surface area contributed by atoms with E-state index in [9.17, 15) is 22.8 Å². The average Bonchev–Trinajstić information content (AvgIpc) is 3.09. The van der Waals surface area contributed by atoms with Gasteiger partial charge in [0.25, 0.3) is 5.91 Å². The predicted molar refractivity (Wildman–Crippen MR) is 114 cm³/mol. The topological polar surface area (TPSA) is 84.7 Å². The van der Waals surface area contributed by atoms with Gasteiger partial charge < -0.3 is 14.6 Å². The van der Waals surface area contributed by atoms with Crippen LogP contribution in [0.4, 0.5) is 18.9 Å². The SMILES string of the molecule is CCOC(=O)Cn1cc(/C=N\NC(=O)CNc2cccc(C(F)(F)F)c2)c2ccccc21. The van der Waals surface area contributed by atoms with Crippen LogP contribution in [0, 0.1) is 0 Å². The molecule has 2 aromatic carbocycles. The van der Waals surface area contributed by atoms with Crippen LogP contribution in [0.5, 0.6) is 0 Å². The van der Waals surface area contributed by atoms with Crippen molar-refractivity contribution in [3.05, 3.63) is 65.9 Å². The first kappa shape index (κ1) is 22.9. The number of ether oxygens (including phenoxy) is 1. The van der Waals surface area contributed by atoms with Gasteiger partial charge in [-0.05, 0) is 31.2 Å². The number of para-hydroxylation sites is 1. The van der Waals surface area contributed by atoms with Gasteiger partial charge in [-0.1, -0.05) is 24.3 Å². The van der Waals surface area contributed by atoms with Crippen molar-refractivity contribution < 1.29 is 27.5 Å². The number of hydrogen-bond donors (Lipinski definition) is 2. The fourth-order valence-corrected chi connectivity index (χ4v) is 3.06. The third kappa shape index (κ3) is 5.87. The molecule has 32 heavy (non-hydrogen) atoms. The van der Waals surface area contributed by atoms with E-state index in [-0.39, 0.29) is 31.4 Å². The summed E-state index contributed by atoms with van der Waals surface area (Å²) in [6.45, 7) is 1.79. The molecule has 10 heteroatoms. The fraction of sp³-hybridized carbons (Fsp3) is 0.227. The highest BCUT2D eigenvalue weighted by atomic mass is 19.4. The molecule has 2 N–H and O–H groups in total. The Balaban J connectivity index is 1.62. The molecule has 0 aliphatic rings. The molecule has 0 bridgehead atoms. The summed E-state index contributed by atoms with van der Waals surface area (Å²) in [6, 6.07) is 12.0. The van der Waals surface area contributed by atoms with Crippen LogP contribution in [0.15, 0.2) is 59.8 Å². The summed E-state index contributed by atoms with van der Waals surface area (Å²) in [5.74, 6) is -0.903. The van der Waals surface area contributed by atoms with Crippen LogP contribution in [0.1, 0.15) is 18.1 Å². The molecule has 7 nitrogen and oxygen atoms in total. The lowest BCUT2D eigenvalue weighted by atomic mass is 10.2. The van der Waals surface area contributed by atoms with Crippen LogP contribution in [-0.2, 0) is 27.0 Å². The minimum atomic E-state index is -4.46. The summed E-state index contributed by atoms with van der Waals surface area (Å²) in [4.78, 5) is 23.8. The molecular formula is C22H21F3N4O3. The van der Waals surface area contributed by atoms with Crippen molar-refractivity contribution in [1.82, 2.24) is 9.99 Å². The van der Waals surface area contributed by atoms with Gasteiger partial charge in [0.1, 0.15) is 6.54 Å². The maximum Gasteiger partial charge on any atom is 0.416 e. The number of amides is 1. The molecule has 0 saturated carbocycles. The Morgan fingerprint density at radius 1 is 1.16 bits per heavy atom. The summed E-state index contributed by atoms with van der Waals surface area (Å²) in [6.07, 6.45) is -1.30. The number of anilines is 1. The Morgan fingerprint density at radius 3 is 2.69 bits per heavy atom. The van der Waals surface area contributed by atoms with Crippen molar-refractivity contribution in [2.45, 2.75) is 19.6 Å². The molecule has 1 aromatic heterocycles. The summed E-state index contributed by atoms with van der Waals surface area (Å²) in [7, 11) is 0. The zero-order valence-electron chi connectivity index (χ0n) is 17.1. The molecule has 0 saturated heterocycles. The smallest absolute Gasteiger partial charge is 0.416 e. The number of nitrogens with zero attached hydrogens (tertiary/aromatic N) is 2. The van der Waals surface area contributed by atoms with Gasteiger partial charge in [-0.15, -0.1) is 0 Å². The summed E-state index contributed by atoms with van der Waals surface area (Å²) >= 11 is 0. The highest BCUT2D eigenvalue weighted by molar-refractivity contribution is 6.00. The molecule has 1 heterocycles. The molecule has 0 aliphatic carbocycles. The zero-order chi connectivity index (χ0) is 23.1. The first-order valence-electron chi connectivity index (χ1n) is 9.74. The van der Waals surface area contributed by atoms with Gasteiger partial charge in [0.2, 0.25) is 0 Å². The Kier molecular flexibility index (Phi) is 7.14. The Hall–Kier alpha value is -3.82. The average molecular weight is 446 g/mol. The summed E-state index contributed by atoms with van der Waals surface area (Å²) < 4.78 is 45.0. The lowest BCUT2D eigenvalue weighted by Crippen LogP contribution is -2.26. The Morgan fingerprint density at radius 2 is 1.94 bits per heavy atom. The van der Waals surface area contributed by atoms with E-state index in [0.29, 0.717) is 5.56 Å². The molecule has 0 atom stereocenters. The van der Waals surface area contributed by atoms with E-state index in [1.807, 2.05) is 24.3 Å². The molecule has 0 fully saturated rings. The van der Waals surface area contributed by atoms with Crippen LogP contribution in [0.3, 0.4) is 0 Å². The highest BCUT2D eigenvalue weighted by Gasteiger charge is 2.30. The molecule has 168 valence electrons. The number of rotatable bonds is 8. The predicted octanol–water partition coefficient (Wildman–Crippen LogP) is 3.79. The van der Waals surface area contributed by atoms with Crippen LogP contribution in [0.2, 0.25) is 0 Å². The summed E-state index contributed by atoms with van der Waals surface area (Å²) in [5, 5.41) is 7.38. The quantitative estimate of drug-likeness (QED) is 0.313. The normalized spacial score (nSPS) is 11.6. The van der Waals surface area contributed by atoms with Crippen molar-refractivity contribution in [3.8, 4) is 0 Å². The van der Waals surface area contributed by atoms with Crippen molar-refractivity contribution in [2.75, 3.05) is 18.5 Å². The van der Waals surface area contributed by atoms with Crippen molar-refractivity contribution in [2.24, 2.45) is 5.10 Å². The molecule has 0 radical (unpaired) electrons. The highest BCUT2D eigenvalue weighted by Crippen LogP contribution is 2.30. The van der Waals surface area contributed by atoms with Gasteiger partial charge in [0, 0.05) is 28.4 Å². The van der Waals surface area contributed by atoms with Gasteiger partial charge in [-0.25, -0.2) is 5.43 Å². The van der Waals surface area contributed by atoms with E-state index < -0.39 is 17.6 Å². The number of hydrogen-bond acceptors (Lipinski definition) is 5. The summed E-state index contributed by atoms with van der Waals surface area (Å²) in [5.41, 5.74) is 3.17. The van der Waals surface area contributed by atoms with Crippen LogP contribution in [0.25, 0.3) is 10.9 Å². The van der Waals surface area contributed by atoms with E-state index in [4.69, 9.17) is 4.74 Å². The standard InChI is InChI=1S/C22H21F3N4O3/c1-2-32-21(31)14-29-13-15(18-8-3-4-9-19(18)29)11-27-28-20(30)12-26-17-7-5-6-16(10-17)22(23,24)25/h3-11,13,26H,2,12,14H2,1H3,(H,28,30)/b27-11-. The minimum Gasteiger partial charge on any atom is -0.465 e. The van der Waals surface area contributed by atoms with E-state index in [1.54, 1.807) is 17.7 Å². The Bertz CT molecular complexity index is 1140. The maximum atomic E-state index is 12.8. The molecule has 1 amide bonds. The number of hydrazone groups is 1. The lowest BCUT2D eigenvalue weighted by Gasteiger charge is -2.09. The third-order valence-corrected chi connectivity index (χ3v) is 4.46. The third-order valence-electron chi connectivity index (χ3n) is 4.46. The number of fused-ring (bicyclic) bond motifs is 1. The van der Waals surface area contributed by atoms with Crippen LogP contribution < -0.4 is 10.7 Å². The van der Waals surface area contributed by atoms with E-state index >= 15 is 0 Å². The number of esters is 1. The van der Waals surface area contributed by atoms with Gasteiger partial charge in [-0.3, -0.25) is 9.59 Å². The van der Waals surface area contributed by atoms with E-state index in [1.165, 1.54) is 18.3 Å². The van der Waals surface area contributed by atoms with Gasteiger partial charge in [0.15, 0.2) is 0 Å². The number of carbonyl (C=O) groups is 2. The maximum absolute atomic E-state index is 12.8. The van der Waals surface area contributed by atoms with Gasteiger partial charge >= 0.3 is 12.1 Å². The molecular weight excluding hydrogens is 425 g/mol. The van der Waals surface area contributed by atoms with Gasteiger partial charge in [-0.2, -0.15) is 18.3 Å². The number of halogens is 3. The molecule has 3 aromatic rings. The molecule has 3 rings (SSSR count).